The minimum absolute atomic E-state index is 0.143. The SMILES string of the molecule is O=C(NCCN1CCOCC1)c1csc(-c2cn[nH]c2-c2ccccc2)n1. The minimum Gasteiger partial charge on any atom is -0.379 e. The average Bonchev–Trinajstić information content (AvgIpc) is 3.39. The Bertz CT molecular complexity index is 886. The van der Waals surface area contributed by atoms with E-state index in [0.29, 0.717) is 12.2 Å². The molecule has 0 radical (unpaired) electrons. The van der Waals surface area contributed by atoms with Crippen LogP contribution in [0.3, 0.4) is 0 Å². The molecule has 1 aliphatic rings. The molecule has 0 aliphatic carbocycles. The third-order valence-electron chi connectivity index (χ3n) is 4.49. The predicted octanol–water partition coefficient (Wildman–Crippen LogP) is 2.26. The van der Waals surface area contributed by atoms with Crippen molar-refractivity contribution in [3.8, 4) is 21.8 Å². The molecule has 0 unspecified atom stereocenters. The van der Waals surface area contributed by atoms with E-state index >= 15 is 0 Å². The van der Waals surface area contributed by atoms with Crippen LogP contribution >= 0.6 is 11.3 Å². The molecular formula is C19H21N5O2S. The summed E-state index contributed by atoms with van der Waals surface area (Å²) in [7, 11) is 0. The zero-order chi connectivity index (χ0) is 18.5. The fourth-order valence-corrected chi connectivity index (χ4v) is 3.83. The third kappa shape index (κ3) is 4.24. The van der Waals surface area contributed by atoms with Gasteiger partial charge in [-0.15, -0.1) is 11.3 Å². The highest BCUT2D eigenvalue weighted by atomic mass is 32.1. The van der Waals surface area contributed by atoms with Gasteiger partial charge in [-0.2, -0.15) is 5.10 Å². The van der Waals surface area contributed by atoms with E-state index in [4.69, 9.17) is 4.74 Å². The number of H-pyrrole nitrogens is 1. The monoisotopic (exact) mass is 383 g/mol. The van der Waals surface area contributed by atoms with E-state index in [-0.39, 0.29) is 5.91 Å². The van der Waals surface area contributed by atoms with Crippen LogP contribution in [0.4, 0.5) is 0 Å². The summed E-state index contributed by atoms with van der Waals surface area (Å²) in [6.45, 7) is 4.78. The summed E-state index contributed by atoms with van der Waals surface area (Å²) >= 11 is 1.45. The third-order valence-corrected chi connectivity index (χ3v) is 5.36. The number of ether oxygens (including phenoxy) is 1. The van der Waals surface area contributed by atoms with E-state index < -0.39 is 0 Å². The van der Waals surface area contributed by atoms with Crippen molar-refractivity contribution < 1.29 is 9.53 Å². The summed E-state index contributed by atoms with van der Waals surface area (Å²) in [6, 6.07) is 9.97. The first-order chi connectivity index (χ1) is 13.3. The molecule has 1 aromatic carbocycles. The molecule has 27 heavy (non-hydrogen) atoms. The lowest BCUT2D eigenvalue weighted by molar-refractivity contribution is 0.0383. The number of nitrogens with zero attached hydrogens (tertiary/aromatic N) is 3. The second-order valence-electron chi connectivity index (χ2n) is 6.27. The number of hydrogen-bond acceptors (Lipinski definition) is 6. The first-order valence-electron chi connectivity index (χ1n) is 8.94. The summed E-state index contributed by atoms with van der Waals surface area (Å²) in [6.07, 6.45) is 1.75. The number of aromatic nitrogens is 3. The molecule has 2 aromatic heterocycles. The van der Waals surface area contributed by atoms with Crippen molar-refractivity contribution in [2.75, 3.05) is 39.4 Å². The molecule has 0 atom stereocenters. The van der Waals surface area contributed by atoms with Crippen molar-refractivity contribution in [2.45, 2.75) is 0 Å². The number of carbonyl (C=O) groups excluding carboxylic acids is 1. The molecule has 1 aliphatic heterocycles. The van der Waals surface area contributed by atoms with E-state index in [1.54, 1.807) is 11.6 Å². The predicted molar refractivity (Wildman–Crippen MR) is 105 cm³/mol. The van der Waals surface area contributed by atoms with Crippen LogP contribution in [0.15, 0.2) is 41.9 Å². The first kappa shape index (κ1) is 17.8. The van der Waals surface area contributed by atoms with Gasteiger partial charge in [-0.3, -0.25) is 14.8 Å². The Kier molecular flexibility index (Phi) is 5.57. The van der Waals surface area contributed by atoms with E-state index in [0.717, 1.165) is 54.7 Å². The Balaban J connectivity index is 1.40. The van der Waals surface area contributed by atoms with Gasteiger partial charge in [-0.05, 0) is 0 Å². The molecule has 2 N–H and O–H groups in total. The van der Waals surface area contributed by atoms with Gasteiger partial charge in [0.15, 0.2) is 0 Å². The Morgan fingerprint density at radius 1 is 1.26 bits per heavy atom. The van der Waals surface area contributed by atoms with Gasteiger partial charge in [-0.1, -0.05) is 30.3 Å². The topological polar surface area (TPSA) is 83.1 Å². The van der Waals surface area contributed by atoms with Gasteiger partial charge in [0.1, 0.15) is 10.7 Å². The summed E-state index contributed by atoms with van der Waals surface area (Å²) in [5, 5.41) is 12.7. The largest absolute Gasteiger partial charge is 0.379 e. The van der Waals surface area contributed by atoms with Crippen molar-refractivity contribution in [1.29, 1.82) is 0 Å². The number of morpholine rings is 1. The molecule has 1 amide bonds. The Labute approximate surface area is 161 Å². The van der Waals surface area contributed by atoms with Gasteiger partial charge in [0.25, 0.3) is 5.91 Å². The van der Waals surface area contributed by atoms with Crippen LogP contribution in [0.25, 0.3) is 21.8 Å². The second-order valence-corrected chi connectivity index (χ2v) is 7.13. The maximum atomic E-state index is 12.4. The molecule has 3 aromatic rings. The van der Waals surface area contributed by atoms with Gasteiger partial charge < -0.3 is 10.1 Å². The van der Waals surface area contributed by atoms with Crippen molar-refractivity contribution in [1.82, 2.24) is 25.4 Å². The maximum absolute atomic E-state index is 12.4. The minimum atomic E-state index is -0.143. The van der Waals surface area contributed by atoms with Crippen LogP contribution in [-0.2, 0) is 4.74 Å². The molecule has 7 nitrogen and oxygen atoms in total. The Morgan fingerprint density at radius 2 is 2.07 bits per heavy atom. The number of rotatable bonds is 6. The number of benzene rings is 1. The quantitative estimate of drug-likeness (QED) is 0.682. The molecule has 4 rings (SSSR count). The normalized spacial score (nSPS) is 15.0. The summed E-state index contributed by atoms with van der Waals surface area (Å²) in [4.78, 5) is 19.2. The van der Waals surface area contributed by atoms with Crippen LogP contribution in [0.2, 0.25) is 0 Å². The number of nitrogens with one attached hydrogen (secondary N) is 2. The van der Waals surface area contributed by atoms with Crippen molar-refractivity contribution in [3.05, 3.63) is 47.6 Å². The van der Waals surface area contributed by atoms with Gasteiger partial charge >= 0.3 is 0 Å². The van der Waals surface area contributed by atoms with Crippen LogP contribution < -0.4 is 5.32 Å². The van der Waals surface area contributed by atoms with E-state index in [9.17, 15) is 4.79 Å². The van der Waals surface area contributed by atoms with Crippen molar-refractivity contribution >= 4 is 17.2 Å². The highest BCUT2D eigenvalue weighted by Gasteiger charge is 2.17. The van der Waals surface area contributed by atoms with Gasteiger partial charge in [0.2, 0.25) is 0 Å². The Morgan fingerprint density at radius 3 is 2.89 bits per heavy atom. The molecule has 1 saturated heterocycles. The number of thiazole rings is 1. The van der Waals surface area contributed by atoms with Gasteiger partial charge in [0, 0.05) is 37.1 Å². The summed E-state index contributed by atoms with van der Waals surface area (Å²) in [5.74, 6) is -0.143. The number of aromatic amines is 1. The van der Waals surface area contributed by atoms with Crippen LogP contribution in [0, 0.1) is 0 Å². The molecule has 140 valence electrons. The maximum Gasteiger partial charge on any atom is 0.270 e. The molecular weight excluding hydrogens is 362 g/mol. The molecule has 1 fully saturated rings. The summed E-state index contributed by atoms with van der Waals surface area (Å²) < 4.78 is 5.33. The standard InChI is InChI=1S/C19H21N5O2S/c25-18(20-6-7-24-8-10-26-11-9-24)16-13-27-19(22-16)15-12-21-23-17(15)14-4-2-1-3-5-14/h1-5,12-13H,6-11H2,(H,20,25)(H,21,23). The number of amides is 1. The highest BCUT2D eigenvalue weighted by molar-refractivity contribution is 7.13. The van der Waals surface area contributed by atoms with E-state index in [1.807, 2.05) is 30.3 Å². The lowest BCUT2D eigenvalue weighted by Crippen LogP contribution is -2.41. The van der Waals surface area contributed by atoms with Gasteiger partial charge in [0.05, 0.1) is 30.7 Å². The molecule has 0 spiro atoms. The number of hydrogen-bond donors (Lipinski definition) is 2. The summed E-state index contributed by atoms with van der Waals surface area (Å²) in [5.41, 5.74) is 3.29. The zero-order valence-corrected chi connectivity index (χ0v) is 15.7. The van der Waals surface area contributed by atoms with Gasteiger partial charge in [-0.25, -0.2) is 4.98 Å². The fourth-order valence-electron chi connectivity index (χ4n) is 3.02. The van der Waals surface area contributed by atoms with E-state index in [2.05, 4.69) is 25.4 Å². The highest BCUT2D eigenvalue weighted by Crippen LogP contribution is 2.31. The lowest BCUT2D eigenvalue weighted by atomic mass is 10.1. The lowest BCUT2D eigenvalue weighted by Gasteiger charge is -2.26. The Hall–Kier alpha value is -2.55. The molecule has 0 bridgehead atoms. The molecule has 0 saturated carbocycles. The van der Waals surface area contributed by atoms with Crippen molar-refractivity contribution in [2.24, 2.45) is 0 Å². The average molecular weight is 383 g/mol. The van der Waals surface area contributed by atoms with Crippen LogP contribution in [0.1, 0.15) is 10.5 Å². The second kappa shape index (κ2) is 8.43. The molecule has 3 heterocycles. The molecule has 8 heteroatoms. The fraction of sp³-hybridized carbons (Fsp3) is 0.316. The smallest absolute Gasteiger partial charge is 0.270 e. The zero-order valence-electron chi connectivity index (χ0n) is 14.9. The van der Waals surface area contributed by atoms with E-state index in [1.165, 1.54) is 11.3 Å². The first-order valence-corrected chi connectivity index (χ1v) is 9.82. The number of carbonyl (C=O) groups is 1. The van der Waals surface area contributed by atoms with Crippen LogP contribution in [0.5, 0.6) is 0 Å². The van der Waals surface area contributed by atoms with Crippen LogP contribution in [-0.4, -0.2) is 65.4 Å². The van der Waals surface area contributed by atoms with Crippen molar-refractivity contribution in [3.63, 3.8) is 0 Å².